The summed E-state index contributed by atoms with van der Waals surface area (Å²) in [6, 6.07) is 42.8. The molecule has 0 saturated carbocycles. The number of benzene rings is 4. The van der Waals surface area contributed by atoms with Crippen molar-refractivity contribution >= 4 is 23.9 Å². The molecule has 1 unspecified atom stereocenters. The van der Waals surface area contributed by atoms with E-state index in [2.05, 4.69) is 134 Å². The van der Waals surface area contributed by atoms with E-state index in [9.17, 15) is 0 Å². The summed E-state index contributed by atoms with van der Waals surface area (Å²) in [5, 5.41) is 3.72. The second-order valence-corrected chi connectivity index (χ2v) is 11.9. The summed E-state index contributed by atoms with van der Waals surface area (Å²) in [5.41, 5.74) is 2.39. The number of aryl methyl sites for hydroxylation is 1. The van der Waals surface area contributed by atoms with Gasteiger partial charge in [0.25, 0.3) is 8.32 Å². The molecule has 4 aromatic carbocycles. The summed E-state index contributed by atoms with van der Waals surface area (Å²) in [6.45, 7) is 8.42. The minimum atomic E-state index is -2.81. The molecular weight excluding hydrogens is 428 g/mol. The third-order valence-corrected chi connectivity index (χ3v) is 10.3. The topological polar surface area (TPSA) is 9.23 Å². The number of allylic oxidation sites excluding steroid dienone is 1. The molecule has 34 heavy (non-hydrogen) atoms. The van der Waals surface area contributed by atoms with Gasteiger partial charge in [0.2, 0.25) is 0 Å². The number of rotatable bonds is 11. The van der Waals surface area contributed by atoms with Crippen molar-refractivity contribution in [1.29, 1.82) is 0 Å². The molecule has 4 aromatic rings. The van der Waals surface area contributed by atoms with E-state index < -0.39 is 8.32 Å². The highest BCUT2D eigenvalue weighted by Crippen LogP contribution is 2.22. The predicted molar refractivity (Wildman–Crippen MR) is 148 cm³/mol. The summed E-state index contributed by atoms with van der Waals surface area (Å²) in [7, 11) is -2.81. The molecule has 0 saturated heterocycles. The average Bonchev–Trinajstić information content (AvgIpc) is 2.91. The van der Waals surface area contributed by atoms with Crippen molar-refractivity contribution in [1.82, 2.24) is 0 Å². The SMILES string of the molecule is C=CCC(=C)C(CCc1ccccc1)O[Si](c1ccccc1)(c1ccccc1)c1ccccc1. The van der Waals surface area contributed by atoms with Gasteiger partial charge in [0.15, 0.2) is 0 Å². The molecule has 0 heterocycles. The second kappa shape index (κ2) is 11.6. The first kappa shape index (κ1) is 23.7. The van der Waals surface area contributed by atoms with Gasteiger partial charge in [-0.25, -0.2) is 0 Å². The van der Waals surface area contributed by atoms with Gasteiger partial charge >= 0.3 is 0 Å². The van der Waals surface area contributed by atoms with Crippen LogP contribution in [0.3, 0.4) is 0 Å². The molecule has 0 aromatic heterocycles. The van der Waals surface area contributed by atoms with E-state index in [0.717, 1.165) is 24.8 Å². The fourth-order valence-corrected chi connectivity index (χ4v) is 8.65. The van der Waals surface area contributed by atoms with E-state index in [4.69, 9.17) is 4.43 Å². The Kier molecular flexibility index (Phi) is 8.08. The van der Waals surface area contributed by atoms with Gasteiger partial charge < -0.3 is 4.43 Å². The Morgan fingerprint density at radius 2 is 1.09 bits per heavy atom. The average molecular weight is 461 g/mol. The number of hydrogen-bond donors (Lipinski definition) is 0. The zero-order valence-electron chi connectivity index (χ0n) is 19.6. The van der Waals surface area contributed by atoms with E-state index in [-0.39, 0.29) is 6.10 Å². The molecule has 2 heteroatoms. The Morgan fingerprint density at radius 3 is 1.50 bits per heavy atom. The van der Waals surface area contributed by atoms with Crippen LogP contribution >= 0.6 is 0 Å². The van der Waals surface area contributed by atoms with Crippen LogP contribution in [0.15, 0.2) is 146 Å². The minimum absolute atomic E-state index is 0.0921. The van der Waals surface area contributed by atoms with Gasteiger partial charge in [-0.1, -0.05) is 134 Å². The van der Waals surface area contributed by atoms with Gasteiger partial charge in [0.1, 0.15) is 0 Å². The Bertz CT molecular complexity index is 1070. The van der Waals surface area contributed by atoms with Crippen LogP contribution in [-0.2, 0) is 10.8 Å². The molecule has 0 amide bonds. The van der Waals surface area contributed by atoms with Crippen LogP contribution < -0.4 is 15.6 Å². The van der Waals surface area contributed by atoms with Crippen LogP contribution in [0.1, 0.15) is 18.4 Å². The smallest absolute Gasteiger partial charge is 0.288 e. The highest BCUT2D eigenvalue weighted by Gasteiger charge is 2.44. The van der Waals surface area contributed by atoms with Gasteiger partial charge in [-0.3, -0.25) is 0 Å². The lowest BCUT2D eigenvalue weighted by molar-refractivity contribution is 0.226. The minimum Gasteiger partial charge on any atom is -0.397 e. The van der Waals surface area contributed by atoms with Crippen LogP contribution in [0.5, 0.6) is 0 Å². The van der Waals surface area contributed by atoms with E-state index in [1.165, 1.54) is 21.1 Å². The van der Waals surface area contributed by atoms with Crippen LogP contribution in [-0.4, -0.2) is 14.4 Å². The van der Waals surface area contributed by atoms with Gasteiger partial charge in [-0.05, 0) is 46.0 Å². The van der Waals surface area contributed by atoms with E-state index >= 15 is 0 Å². The Hall–Kier alpha value is -3.46. The molecule has 0 spiro atoms. The van der Waals surface area contributed by atoms with Crippen molar-refractivity contribution in [3.05, 3.63) is 152 Å². The van der Waals surface area contributed by atoms with Crippen molar-refractivity contribution < 1.29 is 4.43 Å². The Balaban J connectivity index is 1.83. The van der Waals surface area contributed by atoms with Crippen molar-refractivity contribution in [2.24, 2.45) is 0 Å². The lowest BCUT2D eigenvalue weighted by atomic mass is 10.0. The third kappa shape index (κ3) is 5.36. The van der Waals surface area contributed by atoms with Crippen LogP contribution in [0.25, 0.3) is 0 Å². The molecular formula is C32H32OSi. The first-order valence-electron chi connectivity index (χ1n) is 11.9. The maximum absolute atomic E-state index is 7.42. The summed E-state index contributed by atoms with van der Waals surface area (Å²) in [4.78, 5) is 0. The molecule has 0 N–H and O–H groups in total. The van der Waals surface area contributed by atoms with Crippen molar-refractivity contribution in [3.63, 3.8) is 0 Å². The molecule has 4 rings (SSSR count). The summed E-state index contributed by atoms with van der Waals surface area (Å²) in [6.07, 6.45) is 4.38. The Morgan fingerprint density at radius 1 is 0.676 bits per heavy atom. The van der Waals surface area contributed by atoms with Crippen LogP contribution in [0.2, 0.25) is 0 Å². The van der Waals surface area contributed by atoms with E-state index in [0.29, 0.717) is 0 Å². The van der Waals surface area contributed by atoms with Crippen molar-refractivity contribution in [3.8, 4) is 0 Å². The lowest BCUT2D eigenvalue weighted by Crippen LogP contribution is -2.70. The van der Waals surface area contributed by atoms with Crippen LogP contribution in [0.4, 0.5) is 0 Å². The molecule has 170 valence electrons. The maximum atomic E-state index is 7.42. The summed E-state index contributed by atoms with van der Waals surface area (Å²) >= 11 is 0. The zero-order valence-corrected chi connectivity index (χ0v) is 20.6. The van der Waals surface area contributed by atoms with Crippen LogP contribution in [0, 0.1) is 0 Å². The van der Waals surface area contributed by atoms with Gasteiger partial charge in [0, 0.05) is 0 Å². The second-order valence-electron chi connectivity index (χ2n) is 8.56. The van der Waals surface area contributed by atoms with Gasteiger partial charge in [-0.2, -0.15) is 0 Å². The highest BCUT2D eigenvalue weighted by atomic mass is 28.4. The zero-order chi connectivity index (χ0) is 23.6. The number of hydrogen-bond acceptors (Lipinski definition) is 1. The summed E-state index contributed by atoms with van der Waals surface area (Å²) < 4.78 is 7.42. The normalized spacial score (nSPS) is 12.1. The van der Waals surface area contributed by atoms with Gasteiger partial charge in [0.05, 0.1) is 6.10 Å². The molecule has 0 aliphatic rings. The molecule has 0 aliphatic carbocycles. The van der Waals surface area contributed by atoms with E-state index in [1.54, 1.807) is 0 Å². The quantitative estimate of drug-likeness (QED) is 0.156. The fourth-order valence-electron chi connectivity index (χ4n) is 4.54. The highest BCUT2D eigenvalue weighted by molar-refractivity contribution is 7.07. The van der Waals surface area contributed by atoms with E-state index in [1.807, 2.05) is 6.08 Å². The summed E-state index contributed by atoms with van der Waals surface area (Å²) in [5.74, 6) is 0. The monoisotopic (exact) mass is 460 g/mol. The van der Waals surface area contributed by atoms with Gasteiger partial charge in [-0.15, -0.1) is 6.58 Å². The maximum Gasteiger partial charge on any atom is 0.288 e. The Labute approximate surface area is 205 Å². The standard InChI is InChI=1S/C32H32OSi/c1-3-16-27(2)32(26-25-28-17-8-4-9-18-28)33-34(29-19-10-5-11-20-29,30-21-12-6-13-22-30)31-23-14-7-15-24-31/h3-15,17-24,32H,1-2,16,25-26H2. The van der Waals surface area contributed by atoms with Crippen molar-refractivity contribution in [2.45, 2.75) is 25.4 Å². The first-order chi connectivity index (χ1) is 16.7. The molecule has 0 bridgehead atoms. The molecule has 1 atom stereocenters. The molecule has 0 radical (unpaired) electrons. The lowest BCUT2D eigenvalue weighted by Gasteiger charge is -2.37. The predicted octanol–water partition coefficient (Wildman–Crippen LogP) is 5.80. The third-order valence-electron chi connectivity index (χ3n) is 6.26. The van der Waals surface area contributed by atoms with Crippen molar-refractivity contribution in [2.75, 3.05) is 0 Å². The largest absolute Gasteiger partial charge is 0.397 e. The molecule has 1 nitrogen and oxygen atoms in total. The molecule has 0 fully saturated rings. The first-order valence-corrected chi connectivity index (χ1v) is 13.8. The fraction of sp³-hybridized carbons (Fsp3) is 0.125. The molecule has 0 aliphatic heterocycles.